The molecule has 1 aromatic heterocycles. The van der Waals surface area contributed by atoms with Crippen molar-refractivity contribution in [2.75, 3.05) is 0 Å². The predicted molar refractivity (Wildman–Crippen MR) is 89.3 cm³/mol. The van der Waals surface area contributed by atoms with Gasteiger partial charge < -0.3 is 4.57 Å². The van der Waals surface area contributed by atoms with Crippen molar-refractivity contribution in [1.29, 1.82) is 0 Å². The molecule has 0 unspecified atom stereocenters. The van der Waals surface area contributed by atoms with Gasteiger partial charge in [-0.3, -0.25) is 0 Å². The Balaban J connectivity index is 0. The Kier molecular flexibility index (Phi) is 13.5. The minimum absolute atomic E-state index is 1.24. The average Bonchev–Trinajstić information content (AvgIpc) is 2.85. The highest BCUT2D eigenvalue weighted by Gasteiger charge is 2.01. The SMILES string of the molecule is CC.CC.CC.Cc1ccc(C)n1-c1ccccc1. The molecule has 108 valence electrons. The standard InChI is InChI=1S/C12H13N.3C2H6/c1-10-8-9-11(2)13(10)12-6-4-3-5-7-12;3*1-2/h3-9H,1-2H3;3*1-2H3. The highest BCUT2D eigenvalue weighted by atomic mass is 15.0. The monoisotopic (exact) mass is 261 g/mol. The van der Waals surface area contributed by atoms with Gasteiger partial charge in [0.2, 0.25) is 0 Å². The molecule has 1 aromatic carbocycles. The van der Waals surface area contributed by atoms with Gasteiger partial charge in [0.25, 0.3) is 0 Å². The number of aryl methyl sites for hydroxylation is 2. The van der Waals surface area contributed by atoms with Gasteiger partial charge in [0.15, 0.2) is 0 Å². The minimum Gasteiger partial charge on any atom is -0.319 e. The molecule has 1 heterocycles. The van der Waals surface area contributed by atoms with E-state index in [0.29, 0.717) is 0 Å². The zero-order valence-corrected chi connectivity index (χ0v) is 14.0. The Bertz CT molecular complexity index is 379. The molecule has 0 saturated heterocycles. The van der Waals surface area contributed by atoms with Crippen molar-refractivity contribution in [3.8, 4) is 5.69 Å². The molecule has 0 aliphatic rings. The summed E-state index contributed by atoms with van der Waals surface area (Å²) < 4.78 is 2.25. The van der Waals surface area contributed by atoms with Gasteiger partial charge in [-0.2, -0.15) is 0 Å². The Morgan fingerprint density at radius 1 is 0.579 bits per heavy atom. The molecule has 1 heteroatoms. The highest BCUT2D eigenvalue weighted by molar-refractivity contribution is 5.37. The number of rotatable bonds is 1. The first-order chi connectivity index (χ1) is 9.29. The first kappa shape index (κ1) is 19.8. The molecular weight excluding hydrogens is 230 g/mol. The molecule has 0 spiro atoms. The molecule has 0 aliphatic carbocycles. The van der Waals surface area contributed by atoms with Gasteiger partial charge in [0, 0.05) is 17.1 Å². The molecule has 0 bridgehead atoms. The summed E-state index contributed by atoms with van der Waals surface area (Å²) in [5, 5.41) is 0. The zero-order chi connectivity index (χ0) is 15.3. The van der Waals surface area contributed by atoms with Crippen LogP contribution < -0.4 is 0 Å². The van der Waals surface area contributed by atoms with Gasteiger partial charge in [0.1, 0.15) is 0 Å². The van der Waals surface area contributed by atoms with E-state index in [4.69, 9.17) is 0 Å². The maximum absolute atomic E-state index is 2.25. The normalized spacial score (nSPS) is 8.00. The number of hydrogen-bond donors (Lipinski definition) is 0. The average molecular weight is 261 g/mol. The summed E-state index contributed by atoms with van der Waals surface area (Å²) in [6.07, 6.45) is 0. The second-order valence-corrected chi connectivity index (χ2v) is 3.29. The van der Waals surface area contributed by atoms with Crippen LogP contribution >= 0.6 is 0 Å². The summed E-state index contributed by atoms with van der Waals surface area (Å²) in [4.78, 5) is 0. The van der Waals surface area contributed by atoms with Crippen LogP contribution in [0.2, 0.25) is 0 Å². The van der Waals surface area contributed by atoms with Crippen molar-refractivity contribution in [2.45, 2.75) is 55.4 Å². The first-order valence-corrected chi connectivity index (χ1v) is 7.49. The lowest BCUT2D eigenvalue weighted by Crippen LogP contribution is -1.97. The van der Waals surface area contributed by atoms with Crippen LogP contribution in [0.15, 0.2) is 42.5 Å². The van der Waals surface area contributed by atoms with Crippen LogP contribution in [0.4, 0.5) is 0 Å². The second kappa shape index (κ2) is 12.9. The Hall–Kier alpha value is -1.50. The molecule has 1 nitrogen and oxygen atoms in total. The number of nitrogens with zero attached hydrogens (tertiary/aromatic N) is 1. The summed E-state index contributed by atoms with van der Waals surface area (Å²) >= 11 is 0. The van der Waals surface area contributed by atoms with E-state index in [1.807, 2.05) is 47.6 Å². The van der Waals surface area contributed by atoms with E-state index in [1.165, 1.54) is 17.1 Å². The van der Waals surface area contributed by atoms with E-state index in [-0.39, 0.29) is 0 Å². The van der Waals surface area contributed by atoms with Gasteiger partial charge in [0.05, 0.1) is 0 Å². The van der Waals surface area contributed by atoms with Crippen molar-refractivity contribution in [2.24, 2.45) is 0 Å². The number of benzene rings is 1. The summed E-state index contributed by atoms with van der Waals surface area (Å²) in [5.41, 5.74) is 3.80. The number of aromatic nitrogens is 1. The predicted octanol–water partition coefficient (Wildman–Crippen LogP) is 6.17. The van der Waals surface area contributed by atoms with E-state index in [1.54, 1.807) is 0 Å². The van der Waals surface area contributed by atoms with Crippen molar-refractivity contribution < 1.29 is 0 Å². The van der Waals surface area contributed by atoms with Gasteiger partial charge >= 0.3 is 0 Å². The van der Waals surface area contributed by atoms with Crippen molar-refractivity contribution in [3.05, 3.63) is 53.9 Å². The van der Waals surface area contributed by atoms with Gasteiger partial charge in [-0.15, -0.1) is 0 Å². The molecule has 19 heavy (non-hydrogen) atoms. The van der Waals surface area contributed by atoms with Crippen molar-refractivity contribution >= 4 is 0 Å². The Morgan fingerprint density at radius 3 is 1.32 bits per heavy atom. The van der Waals surface area contributed by atoms with Crippen LogP contribution in [0, 0.1) is 13.8 Å². The quantitative estimate of drug-likeness (QED) is 0.578. The maximum atomic E-state index is 2.25. The van der Waals surface area contributed by atoms with Crippen LogP contribution in [0.25, 0.3) is 5.69 Å². The van der Waals surface area contributed by atoms with Crippen molar-refractivity contribution in [1.82, 2.24) is 4.57 Å². The molecule has 0 radical (unpaired) electrons. The smallest absolute Gasteiger partial charge is 0.0454 e. The third kappa shape index (κ3) is 6.28. The molecule has 0 amide bonds. The fourth-order valence-electron chi connectivity index (χ4n) is 1.65. The molecule has 2 rings (SSSR count). The lowest BCUT2D eigenvalue weighted by atomic mass is 10.3. The molecular formula is C18H31N. The molecule has 0 fully saturated rings. The fourth-order valence-corrected chi connectivity index (χ4v) is 1.65. The summed E-state index contributed by atoms with van der Waals surface area (Å²) in [7, 11) is 0. The molecule has 2 aromatic rings. The van der Waals surface area contributed by atoms with Crippen molar-refractivity contribution in [3.63, 3.8) is 0 Å². The van der Waals surface area contributed by atoms with E-state index >= 15 is 0 Å². The van der Waals surface area contributed by atoms with E-state index in [9.17, 15) is 0 Å². The van der Waals surface area contributed by atoms with Gasteiger partial charge in [-0.25, -0.2) is 0 Å². The second-order valence-electron chi connectivity index (χ2n) is 3.29. The van der Waals surface area contributed by atoms with E-state index < -0.39 is 0 Å². The lowest BCUT2D eigenvalue weighted by Gasteiger charge is -2.08. The lowest BCUT2D eigenvalue weighted by molar-refractivity contribution is 0.966. The van der Waals surface area contributed by atoms with Gasteiger partial charge in [-0.1, -0.05) is 59.7 Å². The molecule has 0 N–H and O–H groups in total. The minimum atomic E-state index is 1.24. The first-order valence-electron chi connectivity index (χ1n) is 7.49. The number of hydrogen-bond acceptors (Lipinski definition) is 0. The van der Waals surface area contributed by atoms with Crippen LogP contribution in [-0.2, 0) is 0 Å². The summed E-state index contributed by atoms with van der Waals surface area (Å²) in [6.45, 7) is 16.2. The number of para-hydroxylation sites is 1. The zero-order valence-electron chi connectivity index (χ0n) is 14.0. The van der Waals surface area contributed by atoms with Gasteiger partial charge in [-0.05, 0) is 38.1 Å². The Morgan fingerprint density at radius 2 is 0.947 bits per heavy atom. The van der Waals surface area contributed by atoms with Crippen LogP contribution in [0.1, 0.15) is 52.9 Å². The fraction of sp³-hybridized carbons (Fsp3) is 0.444. The Labute approximate surface area is 120 Å². The third-order valence-corrected chi connectivity index (χ3v) is 2.29. The van der Waals surface area contributed by atoms with Crippen LogP contribution in [-0.4, -0.2) is 4.57 Å². The van der Waals surface area contributed by atoms with Crippen LogP contribution in [0.5, 0.6) is 0 Å². The molecule has 0 atom stereocenters. The topological polar surface area (TPSA) is 4.93 Å². The van der Waals surface area contributed by atoms with E-state index in [2.05, 4.69) is 54.8 Å². The maximum Gasteiger partial charge on any atom is 0.0454 e. The van der Waals surface area contributed by atoms with E-state index in [0.717, 1.165) is 0 Å². The summed E-state index contributed by atoms with van der Waals surface area (Å²) in [5.74, 6) is 0. The highest BCUT2D eigenvalue weighted by Crippen LogP contribution is 2.15. The summed E-state index contributed by atoms with van der Waals surface area (Å²) in [6, 6.07) is 14.7. The molecule has 0 saturated carbocycles. The van der Waals surface area contributed by atoms with Crippen LogP contribution in [0.3, 0.4) is 0 Å². The largest absolute Gasteiger partial charge is 0.319 e. The molecule has 0 aliphatic heterocycles. The third-order valence-electron chi connectivity index (χ3n) is 2.29.